The number of rotatable bonds is 7. The Labute approximate surface area is 120 Å². The number of carboxylic acid groups (broad SMARTS) is 1. The topological polar surface area (TPSA) is 102 Å². The van der Waals surface area contributed by atoms with Gasteiger partial charge in [0.05, 0.1) is 18.6 Å². The van der Waals surface area contributed by atoms with Crippen molar-refractivity contribution in [1.82, 2.24) is 5.32 Å². The molecule has 0 aliphatic carbocycles. The van der Waals surface area contributed by atoms with Crippen molar-refractivity contribution in [1.29, 1.82) is 0 Å². The van der Waals surface area contributed by atoms with Crippen molar-refractivity contribution >= 4 is 11.9 Å². The van der Waals surface area contributed by atoms with Crippen LogP contribution in [0.4, 0.5) is 0 Å². The van der Waals surface area contributed by atoms with Crippen LogP contribution in [-0.4, -0.2) is 42.8 Å². The molecule has 1 fully saturated rings. The number of aliphatic carboxylic acids is 1. The third kappa shape index (κ3) is 4.45. The van der Waals surface area contributed by atoms with Crippen LogP contribution in [0.25, 0.3) is 0 Å². The molecule has 20 heavy (non-hydrogen) atoms. The van der Waals surface area contributed by atoms with Gasteiger partial charge in [0.25, 0.3) is 0 Å². The lowest BCUT2D eigenvalue weighted by atomic mass is 9.83. The van der Waals surface area contributed by atoms with Gasteiger partial charge >= 0.3 is 5.97 Å². The molecule has 1 amide bonds. The Morgan fingerprint density at radius 3 is 2.60 bits per heavy atom. The number of carboxylic acids is 1. The summed E-state index contributed by atoms with van der Waals surface area (Å²) in [4.78, 5) is 22.7. The second kappa shape index (κ2) is 6.54. The maximum atomic E-state index is 12.2. The molecule has 0 aromatic carbocycles. The van der Waals surface area contributed by atoms with Gasteiger partial charge in [-0.25, -0.2) is 0 Å². The summed E-state index contributed by atoms with van der Waals surface area (Å²) in [5.41, 5.74) is 5.13. The summed E-state index contributed by atoms with van der Waals surface area (Å²) in [6, 6.07) is -0.275. The van der Waals surface area contributed by atoms with Crippen LogP contribution in [0.3, 0.4) is 0 Å². The van der Waals surface area contributed by atoms with Gasteiger partial charge in [0, 0.05) is 19.0 Å². The van der Waals surface area contributed by atoms with E-state index in [0.717, 1.165) is 6.42 Å². The minimum atomic E-state index is -0.788. The summed E-state index contributed by atoms with van der Waals surface area (Å²) in [6.45, 7) is 7.11. The number of carbonyl (C=O) groups is 2. The van der Waals surface area contributed by atoms with Crippen molar-refractivity contribution < 1.29 is 19.4 Å². The summed E-state index contributed by atoms with van der Waals surface area (Å²) in [7, 11) is 0. The molecule has 0 aromatic heterocycles. The highest BCUT2D eigenvalue weighted by molar-refractivity contribution is 5.83. The van der Waals surface area contributed by atoms with Gasteiger partial charge in [0.2, 0.25) is 5.91 Å². The predicted octanol–water partition coefficient (Wildman–Crippen LogP) is 0.748. The summed E-state index contributed by atoms with van der Waals surface area (Å²) in [5, 5.41) is 11.6. The third-order valence-corrected chi connectivity index (χ3v) is 4.14. The molecule has 0 spiro atoms. The highest BCUT2D eigenvalue weighted by Gasteiger charge is 2.44. The van der Waals surface area contributed by atoms with E-state index >= 15 is 0 Å². The SMILES string of the molecule is CC(C)(CCNC(=O)C1(C)COCC1N)CCC(=O)O. The van der Waals surface area contributed by atoms with Crippen molar-refractivity contribution in [2.75, 3.05) is 19.8 Å². The fourth-order valence-corrected chi connectivity index (χ4v) is 2.21. The van der Waals surface area contributed by atoms with E-state index in [2.05, 4.69) is 5.32 Å². The van der Waals surface area contributed by atoms with Crippen LogP contribution in [0, 0.1) is 10.8 Å². The molecule has 0 bridgehead atoms. The van der Waals surface area contributed by atoms with Gasteiger partial charge in [-0.1, -0.05) is 13.8 Å². The molecule has 6 heteroatoms. The number of carbonyl (C=O) groups excluding carboxylic acids is 1. The molecule has 6 nitrogen and oxygen atoms in total. The molecule has 1 saturated heterocycles. The predicted molar refractivity (Wildman–Crippen MR) is 75.2 cm³/mol. The molecule has 1 rings (SSSR count). The number of nitrogens with one attached hydrogen (secondary N) is 1. The summed E-state index contributed by atoms with van der Waals surface area (Å²) in [6.07, 6.45) is 1.48. The number of ether oxygens (including phenoxy) is 1. The first kappa shape index (κ1) is 16.9. The Morgan fingerprint density at radius 2 is 2.10 bits per heavy atom. The molecule has 4 N–H and O–H groups in total. The van der Waals surface area contributed by atoms with E-state index in [1.165, 1.54) is 0 Å². The van der Waals surface area contributed by atoms with E-state index in [9.17, 15) is 9.59 Å². The Balaban J connectivity index is 2.36. The molecule has 1 aliphatic rings. The number of nitrogens with two attached hydrogens (primary N) is 1. The molecular formula is C14H26N2O4. The van der Waals surface area contributed by atoms with Gasteiger partial charge < -0.3 is 20.9 Å². The van der Waals surface area contributed by atoms with Gasteiger partial charge in [-0.3, -0.25) is 9.59 Å². The zero-order chi connectivity index (χ0) is 15.4. The largest absolute Gasteiger partial charge is 0.481 e. The molecule has 1 heterocycles. The number of hydrogen-bond donors (Lipinski definition) is 3. The van der Waals surface area contributed by atoms with Crippen LogP contribution in [-0.2, 0) is 14.3 Å². The average molecular weight is 286 g/mol. The number of hydrogen-bond acceptors (Lipinski definition) is 4. The van der Waals surface area contributed by atoms with Gasteiger partial charge in [-0.2, -0.15) is 0 Å². The highest BCUT2D eigenvalue weighted by Crippen LogP contribution is 2.28. The van der Waals surface area contributed by atoms with Crippen LogP contribution < -0.4 is 11.1 Å². The molecule has 2 unspecified atom stereocenters. The first-order chi connectivity index (χ1) is 9.17. The van der Waals surface area contributed by atoms with Crippen LogP contribution in [0.1, 0.15) is 40.0 Å². The van der Waals surface area contributed by atoms with Gasteiger partial charge in [-0.05, 0) is 25.2 Å². The lowest BCUT2D eigenvalue weighted by Crippen LogP contribution is -2.50. The molecule has 0 saturated carbocycles. The Bertz CT molecular complexity index is 370. The van der Waals surface area contributed by atoms with E-state index in [-0.39, 0.29) is 23.8 Å². The maximum Gasteiger partial charge on any atom is 0.303 e. The van der Waals surface area contributed by atoms with E-state index in [1.807, 2.05) is 20.8 Å². The average Bonchev–Trinajstić information content (AvgIpc) is 2.68. The molecule has 0 aromatic rings. The first-order valence-corrected chi connectivity index (χ1v) is 7.01. The minimum absolute atomic E-state index is 0.0865. The van der Waals surface area contributed by atoms with E-state index in [1.54, 1.807) is 0 Å². The summed E-state index contributed by atoms with van der Waals surface area (Å²) >= 11 is 0. The zero-order valence-corrected chi connectivity index (χ0v) is 12.6. The van der Waals surface area contributed by atoms with Crippen molar-refractivity contribution in [2.45, 2.75) is 46.1 Å². The molecule has 2 atom stereocenters. The van der Waals surface area contributed by atoms with Crippen LogP contribution >= 0.6 is 0 Å². The second-order valence-electron chi connectivity index (χ2n) is 6.60. The highest BCUT2D eigenvalue weighted by atomic mass is 16.5. The second-order valence-corrected chi connectivity index (χ2v) is 6.60. The fraction of sp³-hybridized carbons (Fsp3) is 0.857. The van der Waals surface area contributed by atoms with Gasteiger partial charge in [-0.15, -0.1) is 0 Å². The molecule has 116 valence electrons. The lowest BCUT2D eigenvalue weighted by molar-refractivity contribution is -0.137. The first-order valence-electron chi connectivity index (χ1n) is 7.01. The normalized spacial score (nSPS) is 26.5. The van der Waals surface area contributed by atoms with Crippen LogP contribution in [0.5, 0.6) is 0 Å². The molecule has 0 radical (unpaired) electrons. The lowest BCUT2D eigenvalue weighted by Gasteiger charge is -2.28. The smallest absolute Gasteiger partial charge is 0.303 e. The van der Waals surface area contributed by atoms with Gasteiger partial charge in [0.15, 0.2) is 0 Å². The third-order valence-electron chi connectivity index (χ3n) is 4.14. The van der Waals surface area contributed by atoms with Crippen LogP contribution in [0.2, 0.25) is 0 Å². The van der Waals surface area contributed by atoms with E-state index in [0.29, 0.717) is 26.2 Å². The van der Waals surface area contributed by atoms with Crippen molar-refractivity contribution in [2.24, 2.45) is 16.6 Å². The Morgan fingerprint density at radius 1 is 1.45 bits per heavy atom. The maximum absolute atomic E-state index is 12.2. The quantitative estimate of drug-likeness (QED) is 0.641. The Hall–Kier alpha value is -1.14. The monoisotopic (exact) mass is 286 g/mol. The van der Waals surface area contributed by atoms with Gasteiger partial charge in [0.1, 0.15) is 0 Å². The van der Waals surface area contributed by atoms with Crippen molar-refractivity contribution in [3.05, 3.63) is 0 Å². The standard InChI is InChI=1S/C14H26N2O4/c1-13(2,5-4-11(17)18)6-7-16-12(19)14(3)9-20-8-10(14)15/h10H,4-9,15H2,1-3H3,(H,16,19)(H,17,18). The van der Waals surface area contributed by atoms with E-state index in [4.69, 9.17) is 15.6 Å². The summed E-state index contributed by atoms with van der Waals surface area (Å²) < 4.78 is 5.25. The zero-order valence-electron chi connectivity index (χ0n) is 12.6. The fourth-order valence-electron chi connectivity index (χ4n) is 2.21. The summed E-state index contributed by atoms with van der Waals surface area (Å²) in [5.74, 6) is -0.875. The van der Waals surface area contributed by atoms with Crippen molar-refractivity contribution in [3.63, 3.8) is 0 Å². The molecular weight excluding hydrogens is 260 g/mol. The Kier molecular flexibility index (Phi) is 5.53. The van der Waals surface area contributed by atoms with E-state index < -0.39 is 11.4 Å². The van der Waals surface area contributed by atoms with Crippen molar-refractivity contribution in [3.8, 4) is 0 Å². The van der Waals surface area contributed by atoms with Crippen LogP contribution in [0.15, 0.2) is 0 Å². The number of amides is 1. The minimum Gasteiger partial charge on any atom is -0.481 e. The molecule has 1 aliphatic heterocycles.